The van der Waals surface area contributed by atoms with Crippen LogP contribution in [-0.4, -0.2) is 11.4 Å². The number of aryl methyl sites for hydroxylation is 1. The average Bonchev–Trinajstić information content (AvgIpc) is 2.26. The van der Waals surface area contributed by atoms with E-state index in [1.807, 2.05) is 26.0 Å². The first-order valence-corrected chi connectivity index (χ1v) is 6.23. The summed E-state index contributed by atoms with van der Waals surface area (Å²) in [7, 11) is 0. The molecule has 1 aromatic rings. The Balaban J connectivity index is 2.47. The number of rotatable bonds is 0. The standard InChI is InChI=1S/C15H20O2/c1-10-5-7-13-12(9-10)11(2)6-8-14(16)15(3,4)17-13/h5,7,9,11H,6,8H2,1-4H3. The van der Waals surface area contributed by atoms with Crippen molar-refractivity contribution in [3.8, 4) is 5.75 Å². The Labute approximate surface area is 103 Å². The second-order valence-electron chi connectivity index (χ2n) is 5.52. The second kappa shape index (κ2) is 4.17. The first kappa shape index (κ1) is 12.2. The Hall–Kier alpha value is -1.31. The highest BCUT2D eigenvalue weighted by atomic mass is 16.5. The van der Waals surface area contributed by atoms with E-state index in [4.69, 9.17) is 4.74 Å². The van der Waals surface area contributed by atoms with Gasteiger partial charge < -0.3 is 4.74 Å². The van der Waals surface area contributed by atoms with Crippen LogP contribution in [0.1, 0.15) is 50.7 Å². The molecule has 2 rings (SSSR count). The van der Waals surface area contributed by atoms with E-state index in [0.29, 0.717) is 12.3 Å². The van der Waals surface area contributed by atoms with Crippen molar-refractivity contribution in [2.75, 3.05) is 0 Å². The highest BCUT2D eigenvalue weighted by molar-refractivity contribution is 5.87. The maximum Gasteiger partial charge on any atom is 0.175 e. The lowest BCUT2D eigenvalue weighted by Gasteiger charge is -2.31. The molecule has 17 heavy (non-hydrogen) atoms. The molecule has 0 N–H and O–H groups in total. The highest BCUT2D eigenvalue weighted by Crippen LogP contribution is 2.36. The molecule has 0 bridgehead atoms. The summed E-state index contributed by atoms with van der Waals surface area (Å²) in [5, 5.41) is 0. The number of hydrogen-bond acceptors (Lipinski definition) is 2. The third-order valence-electron chi connectivity index (χ3n) is 3.54. The van der Waals surface area contributed by atoms with Crippen LogP contribution in [0.2, 0.25) is 0 Å². The number of fused-ring (bicyclic) bond motifs is 1. The molecular formula is C15H20O2. The summed E-state index contributed by atoms with van der Waals surface area (Å²) in [6.07, 6.45) is 1.50. The van der Waals surface area contributed by atoms with Crippen LogP contribution in [0.5, 0.6) is 5.75 Å². The minimum Gasteiger partial charge on any atom is -0.480 e. The van der Waals surface area contributed by atoms with Crippen molar-refractivity contribution in [1.82, 2.24) is 0 Å². The van der Waals surface area contributed by atoms with Gasteiger partial charge in [0.25, 0.3) is 0 Å². The van der Waals surface area contributed by atoms with Crippen LogP contribution in [0.25, 0.3) is 0 Å². The van der Waals surface area contributed by atoms with Gasteiger partial charge in [-0.25, -0.2) is 0 Å². The van der Waals surface area contributed by atoms with Gasteiger partial charge in [-0.05, 0) is 44.7 Å². The third-order valence-corrected chi connectivity index (χ3v) is 3.54. The van der Waals surface area contributed by atoms with E-state index in [1.165, 1.54) is 11.1 Å². The fourth-order valence-corrected chi connectivity index (χ4v) is 2.28. The van der Waals surface area contributed by atoms with E-state index < -0.39 is 5.60 Å². The van der Waals surface area contributed by atoms with E-state index in [0.717, 1.165) is 12.2 Å². The van der Waals surface area contributed by atoms with Crippen LogP contribution in [-0.2, 0) is 4.79 Å². The number of benzene rings is 1. The normalized spacial score (nSPS) is 23.3. The molecule has 1 unspecified atom stereocenters. The lowest BCUT2D eigenvalue weighted by Crippen LogP contribution is -2.39. The average molecular weight is 232 g/mol. The Bertz CT molecular complexity index is 446. The fraction of sp³-hybridized carbons (Fsp3) is 0.533. The van der Waals surface area contributed by atoms with Gasteiger partial charge in [-0.3, -0.25) is 4.79 Å². The number of Topliss-reactive ketones (excluding diaryl/α,β-unsaturated/α-hetero) is 1. The zero-order chi connectivity index (χ0) is 12.6. The van der Waals surface area contributed by atoms with Crippen LogP contribution in [0.15, 0.2) is 18.2 Å². The van der Waals surface area contributed by atoms with Gasteiger partial charge in [0.05, 0.1) is 0 Å². The molecule has 2 nitrogen and oxygen atoms in total. The molecule has 1 heterocycles. The van der Waals surface area contributed by atoms with Crippen molar-refractivity contribution < 1.29 is 9.53 Å². The summed E-state index contributed by atoms with van der Waals surface area (Å²) in [5.41, 5.74) is 1.76. The van der Waals surface area contributed by atoms with Crippen molar-refractivity contribution in [2.45, 2.75) is 52.1 Å². The van der Waals surface area contributed by atoms with Gasteiger partial charge >= 0.3 is 0 Å². The van der Waals surface area contributed by atoms with Crippen LogP contribution >= 0.6 is 0 Å². The van der Waals surface area contributed by atoms with Crippen LogP contribution < -0.4 is 4.74 Å². The molecule has 0 saturated carbocycles. The molecule has 0 aliphatic carbocycles. The third kappa shape index (κ3) is 2.36. The zero-order valence-corrected chi connectivity index (χ0v) is 11.0. The largest absolute Gasteiger partial charge is 0.480 e. The smallest absolute Gasteiger partial charge is 0.175 e. The predicted octanol–water partition coefficient (Wildman–Crippen LogP) is 3.62. The molecule has 0 fully saturated rings. The topological polar surface area (TPSA) is 26.3 Å². The van der Waals surface area contributed by atoms with E-state index in [1.54, 1.807) is 0 Å². The molecular weight excluding hydrogens is 212 g/mol. The summed E-state index contributed by atoms with van der Waals surface area (Å²) in [5.74, 6) is 1.43. The first-order valence-electron chi connectivity index (χ1n) is 6.23. The van der Waals surface area contributed by atoms with Crippen LogP contribution in [0.3, 0.4) is 0 Å². The number of carbonyl (C=O) groups is 1. The van der Waals surface area contributed by atoms with Crippen molar-refractivity contribution in [3.63, 3.8) is 0 Å². The molecule has 1 aliphatic rings. The van der Waals surface area contributed by atoms with Crippen molar-refractivity contribution in [3.05, 3.63) is 29.3 Å². The summed E-state index contributed by atoms with van der Waals surface area (Å²) < 4.78 is 5.91. The quantitative estimate of drug-likeness (QED) is 0.683. The van der Waals surface area contributed by atoms with Crippen molar-refractivity contribution >= 4 is 5.78 Å². The molecule has 0 spiro atoms. The van der Waals surface area contributed by atoms with E-state index in [-0.39, 0.29) is 5.78 Å². The molecule has 0 radical (unpaired) electrons. The lowest BCUT2D eigenvalue weighted by molar-refractivity contribution is -0.132. The van der Waals surface area contributed by atoms with Gasteiger partial charge in [-0.2, -0.15) is 0 Å². The van der Waals surface area contributed by atoms with Gasteiger partial charge in [-0.15, -0.1) is 0 Å². The summed E-state index contributed by atoms with van der Waals surface area (Å²) >= 11 is 0. The number of hydrogen-bond donors (Lipinski definition) is 0. The van der Waals surface area contributed by atoms with Crippen LogP contribution in [0, 0.1) is 6.92 Å². The minimum atomic E-state index is -0.704. The maximum atomic E-state index is 12.0. The molecule has 1 atom stereocenters. The van der Waals surface area contributed by atoms with E-state index >= 15 is 0 Å². The summed E-state index contributed by atoms with van der Waals surface area (Å²) in [6.45, 7) is 7.96. The lowest BCUT2D eigenvalue weighted by atomic mass is 9.88. The Morgan fingerprint density at radius 3 is 2.76 bits per heavy atom. The molecule has 92 valence electrons. The Kier molecular flexibility index (Phi) is 2.98. The van der Waals surface area contributed by atoms with Gasteiger partial charge in [0, 0.05) is 6.42 Å². The Morgan fingerprint density at radius 1 is 1.35 bits per heavy atom. The summed E-state index contributed by atoms with van der Waals surface area (Å²) in [6, 6.07) is 6.20. The van der Waals surface area contributed by atoms with Gasteiger partial charge in [0.1, 0.15) is 5.75 Å². The molecule has 2 heteroatoms. The number of ketones is 1. The van der Waals surface area contributed by atoms with Gasteiger partial charge in [-0.1, -0.05) is 24.6 Å². The first-order chi connectivity index (χ1) is 7.90. The van der Waals surface area contributed by atoms with Gasteiger partial charge in [0.2, 0.25) is 0 Å². The SMILES string of the molecule is Cc1ccc2c(c1)C(C)CCC(=O)C(C)(C)O2. The highest BCUT2D eigenvalue weighted by Gasteiger charge is 2.33. The zero-order valence-electron chi connectivity index (χ0n) is 11.0. The van der Waals surface area contributed by atoms with Crippen LogP contribution in [0.4, 0.5) is 0 Å². The van der Waals surface area contributed by atoms with Crippen molar-refractivity contribution in [1.29, 1.82) is 0 Å². The number of carbonyl (C=O) groups excluding carboxylic acids is 1. The van der Waals surface area contributed by atoms with E-state index in [2.05, 4.69) is 19.9 Å². The molecule has 1 aromatic carbocycles. The molecule has 0 amide bonds. The van der Waals surface area contributed by atoms with E-state index in [9.17, 15) is 4.79 Å². The monoisotopic (exact) mass is 232 g/mol. The van der Waals surface area contributed by atoms with Crippen molar-refractivity contribution in [2.24, 2.45) is 0 Å². The summed E-state index contributed by atoms with van der Waals surface area (Å²) in [4.78, 5) is 12.0. The maximum absolute atomic E-state index is 12.0. The molecule has 0 aromatic heterocycles. The minimum absolute atomic E-state index is 0.190. The fourth-order valence-electron chi connectivity index (χ4n) is 2.28. The van der Waals surface area contributed by atoms with Gasteiger partial charge in [0.15, 0.2) is 11.4 Å². The molecule has 0 saturated heterocycles. The number of ether oxygens (including phenoxy) is 1. The molecule has 1 aliphatic heterocycles. The second-order valence-corrected chi connectivity index (χ2v) is 5.52. The predicted molar refractivity (Wildman–Crippen MR) is 68.5 cm³/mol. The Morgan fingerprint density at radius 2 is 2.06 bits per heavy atom.